The summed E-state index contributed by atoms with van der Waals surface area (Å²) in [6.07, 6.45) is 3.08. The number of nitrogens with one attached hydrogen (secondary N) is 2. The molecule has 0 aliphatic rings. The Labute approximate surface area is 166 Å². The van der Waals surface area contributed by atoms with Crippen LogP contribution in [0.25, 0.3) is 0 Å². The van der Waals surface area contributed by atoms with Gasteiger partial charge in [0.1, 0.15) is 11.5 Å². The van der Waals surface area contributed by atoms with Gasteiger partial charge in [0.05, 0.1) is 12.4 Å². The van der Waals surface area contributed by atoms with Gasteiger partial charge in [-0.25, -0.2) is 9.97 Å². The summed E-state index contributed by atoms with van der Waals surface area (Å²) in [6.45, 7) is 9.09. The lowest BCUT2D eigenvalue weighted by molar-refractivity contribution is 0.102. The summed E-state index contributed by atoms with van der Waals surface area (Å²) >= 11 is 0. The zero-order valence-corrected chi connectivity index (χ0v) is 16.8. The van der Waals surface area contributed by atoms with E-state index < -0.39 is 0 Å². The molecule has 2 aromatic carbocycles. The van der Waals surface area contributed by atoms with Crippen molar-refractivity contribution in [1.29, 1.82) is 0 Å². The molecule has 1 amide bonds. The monoisotopic (exact) mass is 374 g/mol. The van der Waals surface area contributed by atoms with Crippen molar-refractivity contribution in [2.24, 2.45) is 0 Å². The first kappa shape index (κ1) is 19.5. The first-order chi connectivity index (χ1) is 13.3. The molecule has 3 aromatic rings. The SMILES string of the molecule is Cc1ccccc1CNc1cnc(C(=O)Nc2ccccc2C(C)(C)C)cn1. The Hall–Kier alpha value is -3.21. The molecule has 0 aliphatic heterocycles. The average molecular weight is 374 g/mol. The Balaban J connectivity index is 1.67. The zero-order chi connectivity index (χ0) is 20.1. The van der Waals surface area contributed by atoms with Crippen molar-refractivity contribution in [3.8, 4) is 0 Å². The molecule has 0 saturated heterocycles. The smallest absolute Gasteiger partial charge is 0.275 e. The van der Waals surface area contributed by atoms with Gasteiger partial charge in [-0.2, -0.15) is 0 Å². The number of rotatable bonds is 5. The quantitative estimate of drug-likeness (QED) is 0.663. The summed E-state index contributed by atoms with van der Waals surface area (Å²) in [4.78, 5) is 21.2. The van der Waals surface area contributed by atoms with Crippen molar-refractivity contribution >= 4 is 17.4 Å². The largest absolute Gasteiger partial charge is 0.365 e. The first-order valence-electron chi connectivity index (χ1n) is 9.36. The molecular formula is C23H26N4O. The van der Waals surface area contributed by atoms with E-state index >= 15 is 0 Å². The zero-order valence-electron chi connectivity index (χ0n) is 16.8. The molecule has 1 heterocycles. The second kappa shape index (κ2) is 8.21. The maximum absolute atomic E-state index is 12.6. The van der Waals surface area contributed by atoms with E-state index in [4.69, 9.17) is 0 Å². The van der Waals surface area contributed by atoms with E-state index in [1.54, 1.807) is 6.20 Å². The molecule has 0 spiro atoms. The van der Waals surface area contributed by atoms with Crippen molar-refractivity contribution in [3.63, 3.8) is 0 Å². The minimum absolute atomic E-state index is 0.0705. The third kappa shape index (κ3) is 4.74. The van der Waals surface area contributed by atoms with Gasteiger partial charge in [-0.3, -0.25) is 4.79 Å². The minimum atomic E-state index is -0.269. The number of hydrogen-bond acceptors (Lipinski definition) is 4. The summed E-state index contributed by atoms with van der Waals surface area (Å²) in [5.41, 5.74) is 4.50. The molecule has 144 valence electrons. The number of aryl methyl sites for hydroxylation is 1. The number of hydrogen-bond donors (Lipinski definition) is 2. The number of para-hydroxylation sites is 1. The molecule has 2 N–H and O–H groups in total. The van der Waals surface area contributed by atoms with Crippen molar-refractivity contribution in [3.05, 3.63) is 83.3 Å². The fourth-order valence-electron chi connectivity index (χ4n) is 2.96. The number of carbonyl (C=O) groups is 1. The topological polar surface area (TPSA) is 66.9 Å². The van der Waals surface area contributed by atoms with Gasteiger partial charge in [-0.15, -0.1) is 0 Å². The van der Waals surface area contributed by atoms with E-state index in [-0.39, 0.29) is 17.0 Å². The Morgan fingerprint density at radius 3 is 2.36 bits per heavy atom. The van der Waals surface area contributed by atoms with E-state index in [9.17, 15) is 4.79 Å². The van der Waals surface area contributed by atoms with E-state index in [2.05, 4.69) is 60.4 Å². The van der Waals surface area contributed by atoms with Crippen molar-refractivity contribution in [1.82, 2.24) is 9.97 Å². The number of benzene rings is 2. The second-order valence-electron chi connectivity index (χ2n) is 7.82. The van der Waals surface area contributed by atoms with Gasteiger partial charge in [0.15, 0.2) is 0 Å². The highest BCUT2D eigenvalue weighted by Crippen LogP contribution is 2.29. The van der Waals surface area contributed by atoms with Crippen LogP contribution in [0.15, 0.2) is 60.9 Å². The predicted octanol–water partition coefficient (Wildman–Crippen LogP) is 4.95. The molecule has 0 radical (unpaired) electrons. The summed E-state index contributed by atoms with van der Waals surface area (Å²) in [5.74, 6) is 0.365. The Morgan fingerprint density at radius 2 is 1.68 bits per heavy atom. The van der Waals surface area contributed by atoms with Crippen LogP contribution in [0, 0.1) is 6.92 Å². The predicted molar refractivity (Wildman–Crippen MR) is 114 cm³/mol. The lowest BCUT2D eigenvalue weighted by Gasteiger charge is -2.22. The molecule has 28 heavy (non-hydrogen) atoms. The maximum Gasteiger partial charge on any atom is 0.275 e. The molecule has 5 nitrogen and oxygen atoms in total. The Morgan fingerprint density at radius 1 is 0.964 bits per heavy atom. The average Bonchev–Trinajstić information content (AvgIpc) is 2.67. The summed E-state index contributed by atoms with van der Waals surface area (Å²) in [6, 6.07) is 16.0. The minimum Gasteiger partial charge on any atom is -0.365 e. The third-order valence-electron chi connectivity index (χ3n) is 4.59. The molecule has 0 saturated carbocycles. The molecule has 0 bridgehead atoms. The second-order valence-corrected chi connectivity index (χ2v) is 7.82. The normalized spacial score (nSPS) is 11.1. The van der Waals surface area contributed by atoms with Gasteiger partial charge in [-0.05, 0) is 35.1 Å². The van der Waals surface area contributed by atoms with Crippen molar-refractivity contribution in [2.75, 3.05) is 10.6 Å². The molecule has 5 heteroatoms. The number of carbonyl (C=O) groups excluding carboxylic acids is 1. The van der Waals surface area contributed by atoms with Gasteiger partial charge < -0.3 is 10.6 Å². The van der Waals surface area contributed by atoms with Crippen molar-refractivity contribution < 1.29 is 4.79 Å². The molecule has 0 unspecified atom stereocenters. The summed E-state index contributed by atoms with van der Waals surface area (Å²) in [5, 5.41) is 6.20. The van der Waals surface area contributed by atoms with Crippen LogP contribution in [0.4, 0.5) is 11.5 Å². The van der Waals surface area contributed by atoms with Crippen LogP contribution in [0.5, 0.6) is 0 Å². The fraction of sp³-hybridized carbons (Fsp3) is 0.261. The molecular weight excluding hydrogens is 348 g/mol. The van der Waals surface area contributed by atoms with Crippen LogP contribution in [-0.4, -0.2) is 15.9 Å². The number of anilines is 2. The van der Waals surface area contributed by atoms with Crippen LogP contribution in [0.1, 0.15) is 48.0 Å². The third-order valence-corrected chi connectivity index (χ3v) is 4.59. The Bertz CT molecular complexity index is 959. The van der Waals surface area contributed by atoms with Gasteiger partial charge in [0.25, 0.3) is 5.91 Å². The Kier molecular flexibility index (Phi) is 5.73. The van der Waals surface area contributed by atoms with Crippen LogP contribution >= 0.6 is 0 Å². The van der Waals surface area contributed by atoms with Gasteiger partial charge >= 0.3 is 0 Å². The fourth-order valence-corrected chi connectivity index (χ4v) is 2.96. The molecule has 0 atom stereocenters. The van der Waals surface area contributed by atoms with E-state index in [0.717, 1.165) is 11.3 Å². The first-order valence-corrected chi connectivity index (χ1v) is 9.36. The lowest BCUT2D eigenvalue weighted by atomic mass is 9.86. The number of amides is 1. The van der Waals surface area contributed by atoms with Crippen LogP contribution in [-0.2, 0) is 12.0 Å². The van der Waals surface area contributed by atoms with Gasteiger partial charge in [0.2, 0.25) is 0 Å². The molecule has 3 rings (SSSR count). The standard InChI is InChI=1S/C23H26N4O/c1-16-9-5-6-10-17(16)13-25-21-15-24-20(14-26-21)22(28)27-19-12-8-7-11-18(19)23(2,3)4/h5-12,14-15H,13H2,1-4H3,(H,25,26)(H,27,28). The highest BCUT2D eigenvalue weighted by atomic mass is 16.1. The number of nitrogens with zero attached hydrogens (tertiary/aromatic N) is 2. The summed E-state index contributed by atoms with van der Waals surface area (Å²) < 4.78 is 0. The van der Waals surface area contributed by atoms with Crippen molar-refractivity contribution in [2.45, 2.75) is 39.7 Å². The highest BCUT2D eigenvalue weighted by Gasteiger charge is 2.19. The van der Waals surface area contributed by atoms with Crippen LogP contribution in [0.2, 0.25) is 0 Å². The number of aromatic nitrogens is 2. The molecule has 0 aliphatic carbocycles. The summed E-state index contributed by atoms with van der Waals surface area (Å²) in [7, 11) is 0. The van der Waals surface area contributed by atoms with E-state index in [1.165, 1.54) is 17.3 Å². The van der Waals surface area contributed by atoms with Gasteiger partial charge in [0, 0.05) is 12.2 Å². The van der Waals surface area contributed by atoms with E-state index in [0.29, 0.717) is 12.4 Å². The van der Waals surface area contributed by atoms with E-state index in [1.807, 2.05) is 36.4 Å². The molecule has 0 fully saturated rings. The lowest BCUT2D eigenvalue weighted by Crippen LogP contribution is -2.19. The molecule has 1 aromatic heterocycles. The maximum atomic E-state index is 12.6. The van der Waals surface area contributed by atoms with Crippen LogP contribution in [0.3, 0.4) is 0 Å². The van der Waals surface area contributed by atoms with Crippen LogP contribution < -0.4 is 10.6 Å². The highest BCUT2D eigenvalue weighted by molar-refractivity contribution is 6.03. The van der Waals surface area contributed by atoms with Gasteiger partial charge in [-0.1, -0.05) is 63.2 Å².